The largest absolute Gasteiger partial charge is 0.266 e. The SMILES string of the molecule is CC(c1ccc(Cl)c(S(N)(=O)=O)c1)n1cccn1. The van der Waals surface area contributed by atoms with Crippen molar-refractivity contribution in [3.05, 3.63) is 47.2 Å². The van der Waals surface area contributed by atoms with Crippen LogP contribution in [0.3, 0.4) is 0 Å². The number of rotatable bonds is 3. The van der Waals surface area contributed by atoms with E-state index in [0.717, 1.165) is 5.56 Å². The minimum atomic E-state index is -3.82. The van der Waals surface area contributed by atoms with Crippen LogP contribution in [0.15, 0.2) is 41.6 Å². The van der Waals surface area contributed by atoms with Gasteiger partial charge in [-0.05, 0) is 30.7 Å². The molecule has 96 valence electrons. The summed E-state index contributed by atoms with van der Waals surface area (Å²) in [7, 11) is -3.82. The molecule has 18 heavy (non-hydrogen) atoms. The molecule has 1 unspecified atom stereocenters. The number of nitrogens with two attached hydrogens (primary N) is 1. The fourth-order valence-corrected chi connectivity index (χ4v) is 2.74. The molecule has 0 aliphatic heterocycles. The molecular formula is C11H12ClN3O2S. The average molecular weight is 286 g/mol. The Kier molecular flexibility index (Phi) is 3.43. The van der Waals surface area contributed by atoms with E-state index in [-0.39, 0.29) is 16.0 Å². The molecule has 0 saturated heterocycles. The molecule has 0 spiro atoms. The molecular weight excluding hydrogens is 274 g/mol. The lowest BCUT2D eigenvalue weighted by Crippen LogP contribution is -2.14. The molecule has 2 aromatic rings. The predicted molar refractivity (Wildman–Crippen MR) is 68.9 cm³/mol. The predicted octanol–water partition coefficient (Wildman–Crippen LogP) is 1.79. The highest BCUT2D eigenvalue weighted by Crippen LogP contribution is 2.25. The van der Waals surface area contributed by atoms with E-state index in [4.69, 9.17) is 16.7 Å². The van der Waals surface area contributed by atoms with Gasteiger partial charge in [0.05, 0.1) is 11.1 Å². The standard InChI is InChI=1S/C11H12ClN3O2S/c1-8(15-6-2-5-14-15)9-3-4-10(12)11(7-9)18(13,16)17/h2-8H,1H3,(H2,13,16,17). The van der Waals surface area contributed by atoms with Crippen molar-refractivity contribution < 1.29 is 8.42 Å². The van der Waals surface area contributed by atoms with E-state index in [1.54, 1.807) is 29.2 Å². The zero-order valence-corrected chi connectivity index (χ0v) is 11.2. The van der Waals surface area contributed by atoms with Gasteiger partial charge in [-0.15, -0.1) is 0 Å². The lowest BCUT2D eigenvalue weighted by atomic mass is 10.1. The Balaban J connectivity index is 2.48. The van der Waals surface area contributed by atoms with Crippen LogP contribution in [-0.2, 0) is 10.0 Å². The van der Waals surface area contributed by atoms with Crippen molar-refractivity contribution in [1.29, 1.82) is 0 Å². The molecule has 0 amide bonds. The van der Waals surface area contributed by atoms with Crippen molar-refractivity contribution in [2.45, 2.75) is 17.9 Å². The number of aromatic nitrogens is 2. The number of benzene rings is 1. The van der Waals surface area contributed by atoms with Gasteiger partial charge < -0.3 is 0 Å². The Morgan fingerprint density at radius 3 is 2.72 bits per heavy atom. The Morgan fingerprint density at radius 2 is 2.17 bits per heavy atom. The van der Waals surface area contributed by atoms with Crippen molar-refractivity contribution in [1.82, 2.24) is 9.78 Å². The van der Waals surface area contributed by atoms with Crippen LogP contribution in [0.1, 0.15) is 18.5 Å². The molecule has 1 heterocycles. The first-order valence-corrected chi connectivity index (χ1v) is 7.13. The maximum Gasteiger partial charge on any atom is 0.239 e. The summed E-state index contributed by atoms with van der Waals surface area (Å²) in [6, 6.07) is 6.45. The van der Waals surface area contributed by atoms with E-state index >= 15 is 0 Å². The Bertz CT molecular complexity index is 653. The smallest absolute Gasteiger partial charge is 0.239 e. The fraction of sp³-hybridized carbons (Fsp3) is 0.182. The lowest BCUT2D eigenvalue weighted by Gasteiger charge is -2.14. The molecule has 0 radical (unpaired) electrons. The molecule has 0 saturated carbocycles. The first-order chi connectivity index (χ1) is 8.39. The van der Waals surface area contributed by atoms with E-state index in [2.05, 4.69) is 5.10 Å². The second-order valence-corrected chi connectivity index (χ2v) is 5.83. The molecule has 0 fully saturated rings. The summed E-state index contributed by atoms with van der Waals surface area (Å²) in [5.41, 5.74) is 0.770. The van der Waals surface area contributed by atoms with Crippen LogP contribution in [0.5, 0.6) is 0 Å². The molecule has 1 aromatic heterocycles. The van der Waals surface area contributed by atoms with Gasteiger partial charge in [-0.3, -0.25) is 4.68 Å². The van der Waals surface area contributed by atoms with Gasteiger partial charge in [0.1, 0.15) is 4.90 Å². The normalized spacial score (nSPS) is 13.5. The van der Waals surface area contributed by atoms with Crippen molar-refractivity contribution in [3.8, 4) is 0 Å². The summed E-state index contributed by atoms with van der Waals surface area (Å²) < 4.78 is 24.5. The third-order valence-corrected chi connectivity index (χ3v) is 4.06. The number of primary sulfonamides is 1. The van der Waals surface area contributed by atoms with Crippen molar-refractivity contribution in [2.75, 3.05) is 0 Å². The van der Waals surface area contributed by atoms with Crippen LogP contribution in [0, 0.1) is 0 Å². The number of hydrogen-bond donors (Lipinski definition) is 1. The Hall–Kier alpha value is -1.37. The van der Waals surface area contributed by atoms with Crippen LogP contribution < -0.4 is 5.14 Å². The first kappa shape index (κ1) is 13.1. The summed E-state index contributed by atoms with van der Waals surface area (Å²) in [5, 5.41) is 9.34. The lowest BCUT2D eigenvalue weighted by molar-refractivity contribution is 0.562. The van der Waals surface area contributed by atoms with E-state index in [1.807, 2.05) is 6.92 Å². The average Bonchev–Trinajstić information content (AvgIpc) is 2.80. The number of sulfonamides is 1. The Morgan fingerprint density at radius 1 is 1.44 bits per heavy atom. The minimum absolute atomic E-state index is 0.0688. The molecule has 1 aromatic carbocycles. The second-order valence-electron chi connectivity index (χ2n) is 3.90. The summed E-state index contributed by atoms with van der Waals surface area (Å²) in [4.78, 5) is -0.0688. The van der Waals surface area contributed by atoms with E-state index < -0.39 is 10.0 Å². The van der Waals surface area contributed by atoms with Gasteiger partial charge >= 0.3 is 0 Å². The second kappa shape index (κ2) is 4.72. The third-order valence-electron chi connectivity index (χ3n) is 2.67. The molecule has 5 nitrogen and oxygen atoms in total. The molecule has 0 aliphatic carbocycles. The maximum atomic E-state index is 11.4. The summed E-state index contributed by atoms with van der Waals surface area (Å²) in [6.45, 7) is 1.91. The molecule has 0 aliphatic rings. The quantitative estimate of drug-likeness (QED) is 0.934. The van der Waals surface area contributed by atoms with Crippen molar-refractivity contribution in [3.63, 3.8) is 0 Å². The monoisotopic (exact) mass is 285 g/mol. The summed E-state index contributed by atoms with van der Waals surface area (Å²) in [6.07, 6.45) is 3.46. The molecule has 0 bridgehead atoms. The molecule has 7 heteroatoms. The zero-order valence-electron chi connectivity index (χ0n) is 9.62. The summed E-state index contributed by atoms with van der Waals surface area (Å²) in [5.74, 6) is 0. The van der Waals surface area contributed by atoms with Crippen LogP contribution >= 0.6 is 11.6 Å². The van der Waals surface area contributed by atoms with Gasteiger partial charge in [-0.1, -0.05) is 17.7 Å². The van der Waals surface area contributed by atoms with Crippen LogP contribution in [0.25, 0.3) is 0 Å². The number of nitrogens with zero attached hydrogens (tertiary/aromatic N) is 2. The minimum Gasteiger partial charge on any atom is -0.266 e. The van der Waals surface area contributed by atoms with E-state index in [0.29, 0.717) is 0 Å². The molecule has 2 rings (SSSR count). The van der Waals surface area contributed by atoms with Gasteiger partial charge in [0.2, 0.25) is 10.0 Å². The maximum absolute atomic E-state index is 11.4. The van der Waals surface area contributed by atoms with E-state index in [9.17, 15) is 8.42 Å². The Labute approximate surface area is 110 Å². The summed E-state index contributed by atoms with van der Waals surface area (Å²) >= 11 is 5.83. The van der Waals surface area contributed by atoms with Crippen LogP contribution in [0.4, 0.5) is 0 Å². The third kappa shape index (κ3) is 2.55. The van der Waals surface area contributed by atoms with Gasteiger partial charge in [-0.25, -0.2) is 13.6 Å². The van der Waals surface area contributed by atoms with Gasteiger partial charge in [0.15, 0.2) is 0 Å². The first-order valence-electron chi connectivity index (χ1n) is 5.21. The van der Waals surface area contributed by atoms with Crippen molar-refractivity contribution >= 4 is 21.6 Å². The fourth-order valence-electron chi connectivity index (χ4n) is 1.66. The van der Waals surface area contributed by atoms with Gasteiger partial charge in [0.25, 0.3) is 0 Å². The van der Waals surface area contributed by atoms with E-state index in [1.165, 1.54) is 12.1 Å². The van der Waals surface area contributed by atoms with Gasteiger partial charge in [0, 0.05) is 12.4 Å². The zero-order chi connectivity index (χ0) is 13.3. The topological polar surface area (TPSA) is 78.0 Å². The van der Waals surface area contributed by atoms with Crippen molar-refractivity contribution in [2.24, 2.45) is 5.14 Å². The van der Waals surface area contributed by atoms with Gasteiger partial charge in [-0.2, -0.15) is 5.10 Å². The van der Waals surface area contributed by atoms with Crippen LogP contribution in [-0.4, -0.2) is 18.2 Å². The number of halogens is 1. The highest BCUT2D eigenvalue weighted by molar-refractivity contribution is 7.89. The number of hydrogen-bond acceptors (Lipinski definition) is 3. The highest BCUT2D eigenvalue weighted by Gasteiger charge is 2.16. The molecule has 1 atom stereocenters. The highest BCUT2D eigenvalue weighted by atomic mass is 35.5. The van der Waals surface area contributed by atoms with Crippen LogP contribution in [0.2, 0.25) is 5.02 Å². The molecule has 2 N–H and O–H groups in total.